The van der Waals surface area contributed by atoms with Gasteiger partial charge < -0.3 is 20.7 Å². The molecule has 2 rings (SSSR count). The Hall–Kier alpha value is -2.50. The van der Waals surface area contributed by atoms with Gasteiger partial charge in [0.05, 0.1) is 6.54 Å². The number of nitrogens with one attached hydrogen (secondary N) is 3. The average Bonchev–Trinajstić information content (AvgIpc) is 2.66. The summed E-state index contributed by atoms with van der Waals surface area (Å²) in [5.41, 5.74) is 2.28. The van der Waals surface area contributed by atoms with Crippen LogP contribution in [0.3, 0.4) is 0 Å². The molecule has 3 N–H and O–H groups in total. The van der Waals surface area contributed by atoms with Crippen molar-refractivity contribution in [2.24, 2.45) is 4.99 Å². The zero-order valence-electron chi connectivity index (χ0n) is 16.5. The smallest absolute Gasteiger partial charge is 0.221 e. The number of benzene rings is 1. The highest BCUT2D eigenvalue weighted by molar-refractivity contribution is 5.88. The first-order chi connectivity index (χ1) is 13.2. The van der Waals surface area contributed by atoms with Crippen LogP contribution in [-0.2, 0) is 4.79 Å². The summed E-state index contributed by atoms with van der Waals surface area (Å²) >= 11 is 0. The van der Waals surface area contributed by atoms with Crippen LogP contribution in [0.15, 0.2) is 40.9 Å². The van der Waals surface area contributed by atoms with Gasteiger partial charge in [-0.1, -0.05) is 17.7 Å². The van der Waals surface area contributed by atoms with Crippen LogP contribution in [-0.4, -0.2) is 38.1 Å². The fraction of sp³-hybridized carbons (Fsp3) is 0.524. The molecule has 0 saturated carbocycles. The highest BCUT2D eigenvalue weighted by Gasteiger charge is 2.04. The van der Waals surface area contributed by atoms with Crippen molar-refractivity contribution >= 4 is 17.6 Å². The standard InChI is InChI=1S/C21H32N4O2/c1-3-22-21(23-13-12-18-8-5-4-6-9-18)24-14-15-27-20-11-7-10-19(16-20)25-17(2)26/h7-8,10-11,16H,3-6,9,12-15H2,1-2H3,(H,25,26)(H2,22,23,24). The van der Waals surface area contributed by atoms with Crippen LogP contribution in [0, 0.1) is 0 Å². The number of allylic oxidation sites excluding steroid dienone is 1. The summed E-state index contributed by atoms with van der Waals surface area (Å²) in [6.45, 7) is 6.35. The van der Waals surface area contributed by atoms with E-state index < -0.39 is 0 Å². The Morgan fingerprint density at radius 1 is 1.26 bits per heavy atom. The third-order valence-corrected chi connectivity index (χ3v) is 4.25. The molecule has 1 aromatic carbocycles. The summed E-state index contributed by atoms with van der Waals surface area (Å²) in [5, 5.41) is 9.32. The molecule has 6 heteroatoms. The van der Waals surface area contributed by atoms with Crippen molar-refractivity contribution in [3.63, 3.8) is 0 Å². The van der Waals surface area contributed by atoms with Gasteiger partial charge in [0.15, 0.2) is 5.96 Å². The second-order valence-corrected chi connectivity index (χ2v) is 6.60. The Bertz CT molecular complexity index is 655. The molecule has 148 valence electrons. The molecule has 0 aliphatic heterocycles. The summed E-state index contributed by atoms with van der Waals surface area (Å²) < 4.78 is 5.75. The van der Waals surface area contributed by atoms with Crippen LogP contribution in [0.2, 0.25) is 0 Å². The Labute approximate surface area is 162 Å². The summed E-state index contributed by atoms with van der Waals surface area (Å²) in [5.74, 6) is 1.46. The van der Waals surface area contributed by atoms with Crippen molar-refractivity contribution < 1.29 is 9.53 Å². The quantitative estimate of drug-likeness (QED) is 0.269. The van der Waals surface area contributed by atoms with Crippen molar-refractivity contribution in [2.75, 3.05) is 31.6 Å². The van der Waals surface area contributed by atoms with Gasteiger partial charge in [-0.05, 0) is 51.2 Å². The van der Waals surface area contributed by atoms with Crippen LogP contribution in [0.4, 0.5) is 5.69 Å². The van der Waals surface area contributed by atoms with Crippen molar-refractivity contribution in [1.82, 2.24) is 10.6 Å². The molecule has 0 atom stereocenters. The van der Waals surface area contributed by atoms with Crippen molar-refractivity contribution in [3.8, 4) is 5.75 Å². The number of aliphatic imine (C=N–C) groups is 1. The number of rotatable bonds is 9. The minimum atomic E-state index is -0.0932. The first-order valence-corrected chi connectivity index (χ1v) is 9.88. The summed E-state index contributed by atoms with van der Waals surface area (Å²) in [6.07, 6.45) is 8.51. The Balaban J connectivity index is 1.72. The van der Waals surface area contributed by atoms with E-state index in [1.165, 1.54) is 32.6 Å². The summed E-state index contributed by atoms with van der Waals surface area (Å²) in [6, 6.07) is 7.39. The van der Waals surface area contributed by atoms with E-state index in [9.17, 15) is 4.79 Å². The number of guanidine groups is 1. The van der Waals surface area contributed by atoms with Gasteiger partial charge in [0.2, 0.25) is 5.91 Å². The number of anilines is 1. The largest absolute Gasteiger partial charge is 0.492 e. The lowest BCUT2D eigenvalue weighted by Crippen LogP contribution is -2.39. The van der Waals surface area contributed by atoms with Crippen molar-refractivity contribution in [3.05, 3.63) is 35.9 Å². The van der Waals surface area contributed by atoms with E-state index in [0.717, 1.165) is 36.9 Å². The molecule has 0 saturated heterocycles. The Morgan fingerprint density at radius 3 is 2.89 bits per heavy atom. The maximum absolute atomic E-state index is 11.1. The Kier molecular flexibility index (Phi) is 9.24. The number of amides is 1. The molecule has 0 aromatic heterocycles. The average molecular weight is 373 g/mol. The lowest BCUT2D eigenvalue weighted by Gasteiger charge is -2.14. The second-order valence-electron chi connectivity index (χ2n) is 6.60. The molecule has 1 aromatic rings. The lowest BCUT2D eigenvalue weighted by atomic mass is 9.97. The fourth-order valence-corrected chi connectivity index (χ4v) is 2.99. The van der Waals surface area contributed by atoms with Gasteiger partial charge in [-0.15, -0.1) is 0 Å². The molecule has 1 aliphatic carbocycles. The number of hydrogen-bond acceptors (Lipinski definition) is 3. The number of carbonyl (C=O) groups is 1. The molecule has 0 radical (unpaired) electrons. The minimum absolute atomic E-state index is 0.0932. The Morgan fingerprint density at radius 2 is 2.15 bits per heavy atom. The molecule has 0 fully saturated rings. The van der Waals surface area contributed by atoms with Gasteiger partial charge >= 0.3 is 0 Å². The maximum Gasteiger partial charge on any atom is 0.221 e. The molecule has 1 aliphatic rings. The van der Waals surface area contributed by atoms with Gasteiger partial charge in [-0.2, -0.15) is 0 Å². The minimum Gasteiger partial charge on any atom is -0.492 e. The molecule has 27 heavy (non-hydrogen) atoms. The fourth-order valence-electron chi connectivity index (χ4n) is 2.99. The molecule has 0 heterocycles. The highest BCUT2D eigenvalue weighted by atomic mass is 16.5. The van der Waals surface area contributed by atoms with E-state index in [-0.39, 0.29) is 5.91 Å². The number of ether oxygens (including phenoxy) is 1. The predicted octanol–water partition coefficient (Wildman–Crippen LogP) is 3.47. The molecule has 6 nitrogen and oxygen atoms in total. The SMILES string of the molecule is CCNC(=NCCC1=CCCCC1)NCCOc1cccc(NC(C)=O)c1. The molecular weight excluding hydrogens is 340 g/mol. The van der Waals surface area contributed by atoms with Gasteiger partial charge in [-0.3, -0.25) is 9.79 Å². The topological polar surface area (TPSA) is 74.8 Å². The van der Waals surface area contributed by atoms with Crippen LogP contribution in [0.25, 0.3) is 0 Å². The summed E-state index contributed by atoms with van der Waals surface area (Å²) in [4.78, 5) is 15.8. The van der Waals surface area contributed by atoms with Crippen LogP contribution in [0.5, 0.6) is 5.75 Å². The van der Waals surface area contributed by atoms with Gasteiger partial charge in [0, 0.05) is 31.8 Å². The molecule has 0 bridgehead atoms. The highest BCUT2D eigenvalue weighted by Crippen LogP contribution is 2.19. The third kappa shape index (κ3) is 8.62. The second kappa shape index (κ2) is 12.0. The molecule has 1 amide bonds. The lowest BCUT2D eigenvalue weighted by molar-refractivity contribution is -0.114. The van der Waals surface area contributed by atoms with Crippen molar-refractivity contribution in [1.29, 1.82) is 0 Å². The van der Waals surface area contributed by atoms with E-state index >= 15 is 0 Å². The molecule has 0 unspecified atom stereocenters. The van der Waals surface area contributed by atoms with Gasteiger partial charge in [-0.25, -0.2) is 0 Å². The number of carbonyl (C=O) groups excluding carboxylic acids is 1. The van der Waals surface area contributed by atoms with E-state index in [1.54, 1.807) is 5.57 Å². The first-order valence-electron chi connectivity index (χ1n) is 9.88. The van der Waals surface area contributed by atoms with Gasteiger partial charge in [0.1, 0.15) is 12.4 Å². The third-order valence-electron chi connectivity index (χ3n) is 4.25. The van der Waals surface area contributed by atoms with Crippen molar-refractivity contribution in [2.45, 2.75) is 46.0 Å². The number of hydrogen-bond donors (Lipinski definition) is 3. The summed E-state index contributed by atoms with van der Waals surface area (Å²) in [7, 11) is 0. The van der Waals surface area contributed by atoms with E-state index in [2.05, 4.69) is 33.9 Å². The normalized spacial score (nSPS) is 14.3. The molecular formula is C21H32N4O2. The first kappa shape index (κ1) is 20.8. The maximum atomic E-state index is 11.1. The van der Waals surface area contributed by atoms with Gasteiger partial charge in [0.25, 0.3) is 0 Å². The monoisotopic (exact) mass is 372 g/mol. The van der Waals surface area contributed by atoms with Crippen LogP contribution < -0.4 is 20.7 Å². The predicted molar refractivity (Wildman–Crippen MR) is 111 cm³/mol. The van der Waals surface area contributed by atoms with Crippen LogP contribution in [0.1, 0.15) is 46.0 Å². The van der Waals surface area contributed by atoms with E-state index in [0.29, 0.717) is 13.2 Å². The van der Waals surface area contributed by atoms with E-state index in [1.807, 2.05) is 24.3 Å². The van der Waals surface area contributed by atoms with E-state index in [4.69, 9.17) is 4.74 Å². The zero-order chi connectivity index (χ0) is 19.3. The van der Waals surface area contributed by atoms with Crippen LogP contribution >= 0.6 is 0 Å². The number of nitrogens with zero attached hydrogens (tertiary/aromatic N) is 1. The molecule has 0 spiro atoms. The zero-order valence-corrected chi connectivity index (χ0v) is 16.5.